The van der Waals surface area contributed by atoms with Gasteiger partial charge in [-0.25, -0.2) is 4.79 Å². The Morgan fingerprint density at radius 2 is 2.00 bits per heavy atom. The molecule has 0 bridgehead atoms. The average molecular weight is 210 g/mol. The quantitative estimate of drug-likeness (QED) is 0.526. The first kappa shape index (κ1) is 12.3. The number of esters is 1. The largest absolute Gasteiger partial charge is 0.459 e. The number of ether oxygens (including phenoxy) is 1. The van der Waals surface area contributed by atoms with E-state index in [9.17, 15) is 4.79 Å². The molecule has 0 spiro atoms. The van der Waals surface area contributed by atoms with E-state index in [-0.39, 0.29) is 12.1 Å². The highest BCUT2D eigenvalue weighted by Crippen LogP contribution is 2.29. The molecule has 0 saturated heterocycles. The van der Waals surface area contributed by atoms with E-state index in [0.29, 0.717) is 5.92 Å². The zero-order valence-electron chi connectivity index (χ0n) is 10.1. The second kappa shape index (κ2) is 5.94. The number of allylic oxidation sites excluding steroid dienone is 1. The molecular formula is C13H22O2. The second-order valence-corrected chi connectivity index (χ2v) is 4.65. The molecular weight excluding hydrogens is 188 g/mol. The summed E-state index contributed by atoms with van der Waals surface area (Å²) >= 11 is 0. The van der Waals surface area contributed by atoms with Crippen molar-refractivity contribution in [3.8, 4) is 0 Å². The summed E-state index contributed by atoms with van der Waals surface area (Å²) in [6, 6.07) is 0. The Hall–Kier alpha value is -0.790. The van der Waals surface area contributed by atoms with Crippen molar-refractivity contribution in [3.63, 3.8) is 0 Å². The standard InChI is InChI=1S/C13H22O2/c1-4-11-7-5-6-8-12(11)15-13(14)9-10(2)3/h9,11-12H,4-8H2,1-3H3. The fourth-order valence-corrected chi connectivity index (χ4v) is 2.21. The van der Waals surface area contributed by atoms with E-state index < -0.39 is 0 Å². The van der Waals surface area contributed by atoms with Crippen LogP contribution in [0.3, 0.4) is 0 Å². The predicted molar refractivity (Wildman–Crippen MR) is 61.6 cm³/mol. The smallest absolute Gasteiger partial charge is 0.330 e. The summed E-state index contributed by atoms with van der Waals surface area (Å²) in [5, 5.41) is 0. The van der Waals surface area contributed by atoms with Crippen LogP contribution in [0, 0.1) is 5.92 Å². The third kappa shape index (κ3) is 4.06. The van der Waals surface area contributed by atoms with Gasteiger partial charge < -0.3 is 4.74 Å². The average Bonchev–Trinajstić information content (AvgIpc) is 2.17. The minimum atomic E-state index is -0.166. The maximum Gasteiger partial charge on any atom is 0.330 e. The lowest BCUT2D eigenvalue weighted by molar-refractivity contribution is -0.147. The number of rotatable bonds is 3. The molecule has 15 heavy (non-hydrogen) atoms. The van der Waals surface area contributed by atoms with E-state index in [1.54, 1.807) is 6.08 Å². The van der Waals surface area contributed by atoms with Crippen molar-refractivity contribution in [3.05, 3.63) is 11.6 Å². The van der Waals surface area contributed by atoms with Crippen molar-refractivity contribution in [2.45, 2.75) is 59.0 Å². The molecule has 0 N–H and O–H groups in total. The SMILES string of the molecule is CCC1CCCCC1OC(=O)C=C(C)C. The van der Waals surface area contributed by atoms with E-state index in [4.69, 9.17) is 4.74 Å². The van der Waals surface area contributed by atoms with Crippen LogP contribution in [0.4, 0.5) is 0 Å². The molecule has 0 aromatic heterocycles. The fourth-order valence-electron chi connectivity index (χ4n) is 2.21. The second-order valence-electron chi connectivity index (χ2n) is 4.65. The minimum Gasteiger partial charge on any atom is -0.459 e. The first-order valence-corrected chi connectivity index (χ1v) is 5.99. The van der Waals surface area contributed by atoms with Crippen LogP contribution in [0.2, 0.25) is 0 Å². The van der Waals surface area contributed by atoms with Gasteiger partial charge in [0.15, 0.2) is 0 Å². The third-order valence-corrected chi connectivity index (χ3v) is 3.04. The minimum absolute atomic E-state index is 0.159. The molecule has 1 saturated carbocycles. The van der Waals surface area contributed by atoms with Crippen molar-refractivity contribution < 1.29 is 9.53 Å². The zero-order chi connectivity index (χ0) is 11.3. The zero-order valence-corrected chi connectivity index (χ0v) is 10.1. The van der Waals surface area contributed by atoms with Crippen LogP contribution < -0.4 is 0 Å². The molecule has 0 aromatic rings. The van der Waals surface area contributed by atoms with Gasteiger partial charge in [-0.15, -0.1) is 0 Å². The van der Waals surface area contributed by atoms with Gasteiger partial charge in [0.05, 0.1) is 0 Å². The summed E-state index contributed by atoms with van der Waals surface area (Å²) in [6.07, 6.45) is 7.60. The molecule has 2 unspecified atom stereocenters. The van der Waals surface area contributed by atoms with Gasteiger partial charge in [-0.05, 0) is 45.4 Å². The number of carbonyl (C=O) groups is 1. The van der Waals surface area contributed by atoms with Crippen LogP contribution in [-0.2, 0) is 9.53 Å². The third-order valence-electron chi connectivity index (χ3n) is 3.04. The van der Waals surface area contributed by atoms with E-state index in [1.807, 2.05) is 13.8 Å². The lowest BCUT2D eigenvalue weighted by Crippen LogP contribution is -2.29. The van der Waals surface area contributed by atoms with E-state index in [1.165, 1.54) is 19.3 Å². The van der Waals surface area contributed by atoms with Gasteiger partial charge in [0.25, 0.3) is 0 Å². The first-order valence-electron chi connectivity index (χ1n) is 5.99. The molecule has 1 fully saturated rings. The van der Waals surface area contributed by atoms with Gasteiger partial charge in [0.1, 0.15) is 6.10 Å². The van der Waals surface area contributed by atoms with E-state index in [2.05, 4.69) is 6.92 Å². The molecule has 0 amide bonds. The predicted octanol–water partition coefficient (Wildman–Crippen LogP) is 3.46. The fraction of sp³-hybridized carbons (Fsp3) is 0.769. The molecule has 2 atom stereocenters. The molecule has 0 aromatic carbocycles. The highest BCUT2D eigenvalue weighted by Gasteiger charge is 2.26. The summed E-state index contributed by atoms with van der Waals surface area (Å²) in [5.41, 5.74) is 1.00. The monoisotopic (exact) mass is 210 g/mol. The summed E-state index contributed by atoms with van der Waals surface area (Å²) in [5.74, 6) is 0.411. The van der Waals surface area contributed by atoms with Crippen LogP contribution in [0.25, 0.3) is 0 Å². The van der Waals surface area contributed by atoms with Gasteiger partial charge in [-0.1, -0.05) is 18.9 Å². The van der Waals surface area contributed by atoms with Gasteiger partial charge in [0, 0.05) is 6.08 Å². The highest BCUT2D eigenvalue weighted by atomic mass is 16.5. The Labute approximate surface area is 92.7 Å². The van der Waals surface area contributed by atoms with E-state index >= 15 is 0 Å². The van der Waals surface area contributed by atoms with Crippen molar-refractivity contribution in [1.29, 1.82) is 0 Å². The molecule has 0 heterocycles. The van der Waals surface area contributed by atoms with Crippen LogP contribution in [0.1, 0.15) is 52.9 Å². The van der Waals surface area contributed by atoms with Crippen molar-refractivity contribution in [2.24, 2.45) is 5.92 Å². The Bertz CT molecular complexity index is 239. The first-order chi connectivity index (χ1) is 7.13. The normalized spacial score (nSPS) is 25.8. The molecule has 2 heteroatoms. The Morgan fingerprint density at radius 3 is 2.60 bits per heavy atom. The lowest BCUT2D eigenvalue weighted by Gasteiger charge is -2.30. The van der Waals surface area contributed by atoms with Crippen LogP contribution in [0.15, 0.2) is 11.6 Å². The highest BCUT2D eigenvalue weighted by molar-refractivity contribution is 5.82. The molecule has 86 valence electrons. The Morgan fingerprint density at radius 1 is 1.33 bits per heavy atom. The number of hydrogen-bond acceptors (Lipinski definition) is 2. The summed E-state index contributed by atoms with van der Waals surface area (Å²) < 4.78 is 5.49. The maximum absolute atomic E-state index is 11.5. The van der Waals surface area contributed by atoms with Gasteiger partial charge in [-0.2, -0.15) is 0 Å². The molecule has 0 aliphatic heterocycles. The van der Waals surface area contributed by atoms with Crippen molar-refractivity contribution >= 4 is 5.97 Å². The van der Waals surface area contributed by atoms with E-state index in [0.717, 1.165) is 18.4 Å². The molecule has 1 aliphatic carbocycles. The summed E-state index contributed by atoms with van der Waals surface area (Å²) in [7, 11) is 0. The lowest BCUT2D eigenvalue weighted by atomic mass is 9.85. The Balaban J connectivity index is 2.48. The van der Waals surface area contributed by atoms with Crippen molar-refractivity contribution in [1.82, 2.24) is 0 Å². The van der Waals surface area contributed by atoms with Crippen LogP contribution in [0.5, 0.6) is 0 Å². The van der Waals surface area contributed by atoms with Crippen molar-refractivity contribution in [2.75, 3.05) is 0 Å². The van der Waals surface area contributed by atoms with Gasteiger partial charge >= 0.3 is 5.97 Å². The van der Waals surface area contributed by atoms with Gasteiger partial charge in [-0.3, -0.25) is 0 Å². The molecule has 2 nitrogen and oxygen atoms in total. The summed E-state index contributed by atoms with van der Waals surface area (Å²) in [6.45, 7) is 6.01. The van der Waals surface area contributed by atoms with Crippen LogP contribution >= 0.6 is 0 Å². The number of carbonyl (C=O) groups excluding carboxylic acids is 1. The Kier molecular flexibility index (Phi) is 4.86. The van der Waals surface area contributed by atoms with Gasteiger partial charge in [0.2, 0.25) is 0 Å². The molecule has 1 rings (SSSR count). The summed E-state index contributed by atoms with van der Waals surface area (Å²) in [4.78, 5) is 11.5. The molecule has 1 aliphatic rings. The number of hydrogen-bond donors (Lipinski definition) is 0. The topological polar surface area (TPSA) is 26.3 Å². The maximum atomic E-state index is 11.5. The van der Waals surface area contributed by atoms with Crippen LogP contribution in [-0.4, -0.2) is 12.1 Å². The molecule has 0 radical (unpaired) electrons.